The number of hydrogen-bond donors (Lipinski definition) is 0. The van der Waals surface area contributed by atoms with Crippen LogP contribution in [0.25, 0.3) is 0 Å². The quantitative estimate of drug-likeness (QED) is 0.537. The van der Waals surface area contributed by atoms with Crippen molar-refractivity contribution in [3.8, 4) is 0 Å². The maximum absolute atomic E-state index is 4.04. The van der Waals surface area contributed by atoms with Crippen molar-refractivity contribution in [2.45, 2.75) is 40.5 Å². The second kappa shape index (κ2) is 6.05. The summed E-state index contributed by atoms with van der Waals surface area (Å²) in [6.45, 7) is 12.9. The van der Waals surface area contributed by atoms with Gasteiger partial charge in [0, 0.05) is 0 Å². The van der Waals surface area contributed by atoms with Crippen molar-refractivity contribution in [1.82, 2.24) is 0 Å². The zero-order valence-corrected chi connectivity index (χ0v) is 8.93. The fraction of sp³-hybridized carbons (Fsp3) is 0.667. The maximum Gasteiger partial charge on any atom is -0.0196 e. The maximum atomic E-state index is 4.04. The zero-order valence-electron chi connectivity index (χ0n) is 8.93. The summed E-state index contributed by atoms with van der Waals surface area (Å²) in [4.78, 5) is 0. The van der Waals surface area contributed by atoms with Crippen molar-refractivity contribution in [2.24, 2.45) is 11.8 Å². The summed E-state index contributed by atoms with van der Waals surface area (Å²) in [6, 6.07) is 0. The summed E-state index contributed by atoms with van der Waals surface area (Å²) >= 11 is 0. The van der Waals surface area contributed by atoms with Gasteiger partial charge in [0.1, 0.15) is 0 Å². The molecule has 0 saturated heterocycles. The Morgan fingerprint density at radius 3 is 2.25 bits per heavy atom. The summed E-state index contributed by atoms with van der Waals surface area (Å²) in [5, 5.41) is 0. The van der Waals surface area contributed by atoms with E-state index in [4.69, 9.17) is 0 Å². The molecular weight excluding hydrogens is 144 g/mol. The minimum absolute atomic E-state index is 0.642. The summed E-state index contributed by atoms with van der Waals surface area (Å²) in [6.07, 6.45) is 6.75. The molecule has 0 radical (unpaired) electrons. The number of allylic oxidation sites excluding steroid dienone is 3. The molecule has 0 rings (SSSR count). The first-order chi connectivity index (χ1) is 5.57. The molecular formula is C12H22. The molecule has 0 aromatic carbocycles. The number of rotatable bonds is 5. The normalized spacial score (nSPS) is 14.1. The van der Waals surface area contributed by atoms with Gasteiger partial charge in [0.25, 0.3) is 0 Å². The second-order valence-electron chi connectivity index (χ2n) is 3.95. The fourth-order valence-electron chi connectivity index (χ4n) is 1.15. The minimum Gasteiger partial charge on any atom is -0.0956 e. The third-order valence-electron chi connectivity index (χ3n) is 2.19. The SMILES string of the molecule is C=C(/C=C\C)C(C)CCC(C)C. The van der Waals surface area contributed by atoms with Gasteiger partial charge >= 0.3 is 0 Å². The summed E-state index contributed by atoms with van der Waals surface area (Å²) < 4.78 is 0. The van der Waals surface area contributed by atoms with E-state index in [9.17, 15) is 0 Å². The van der Waals surface area contributed by atoms with E-state index >= 15 is 0 Å². The average molecular weight is 166 g/mol. The molecule has 0 nitrogen and oxygen atoms in total. The molecule has 70 valence electrons. The summed E-state index contributed by atoms with van der Waals surface area (Å²) in [5.41, 5.74) is 1.26. The predicted octanol–water partition coefficient (Wildman–Crippen LogP) is 4.19. The van der Waals surface area contributed by atoms with E-state index in [0.717, 1.165) is 5.92 Å². The molecule has 0 fully saturated rings. The third kappa shape index (κ3) is 5.17. The van der Waals surface area contributed by atoms with Crippen LogP contribution < -0.4 is 0 Å². The Balaban J connectivity index is 3.71. The molecule has 0 N–H and O–H groups in total. The van der Waals surface area contributed by atoms with Crippen molar-refractivity contribution in [2.75, 3.05) is 0 Å². The van der Waals surface area contributed by atoms with Gasteiger partial charge in [-0.25, -0.2) is 0 Å². The molecule has 0 aromatic heterocycles. The molecule has 0 aromatic rings. The molecule has 0 saturated carbocycles. The van der Waals surface area contributed by atoms with Crippen LogP contribution in [0.4, 0.5) is 0 Å². The molecule has 12 heavy (non-hydrogen) atoms. The van der Waals surface area contributed by atoms with Crippen LogP contribution in [0.5, 0.6) is 0 Å². The van der Waals surface area contributed by atoms with Crippen LogP contribution in [0.3, 0.4) is 0 Å². The molecule has 0 spiro atoms. The Kier molecular flexibility index (Phi) is 5.79. The highest BCUT2D eigenvalue weighted by atomic mass is 14.1. The fourth-order valence-corrected chi connectivity index (χ4v) is 1.15. The first-order valence-corrected chi connectivity index (χ1v) is 4.89. The molecule has 0 heteroatoms. The van der Waals surface area contributed by atoms with E-state index in [0.29, 0.717) is 5.92 Å². The Bertz CT molecular complexity index is 151. The van der Waals surface area contributed by atoms with Gasteiger partial charge in [-0.2, -0.15) is 0 Å². The smallest absolute Gasteiger partial charge is 0.0196 e. The molecule has 0 aliphatic heterocycles. The average Bonchev–Trinajstić information content (AvgIpc) is 2.00. The second-order valence-corrected chi connectivity index (χ2v) is 3.95. The highest BCUT2D eigenvalue weighted by Gasteiger charge is 2.04. The van der Waals surface area contributed by atoms with Gasteiger partial charge in [-0.15, -0.1) is 0 Å². The van der Waals surface area contributed by atoms with Gasteiger partial charge in [0.05, 0.1) is 0 Å². The Hall–Kier alpha value is -0.520. The van der Waals surface area contributed by atoms with Crippen LogP contribution in [0.1, 0.15) is 40.5 Å². The lowest BCUT2D eigenvalue weighted by molar-refractivity contribution is 0.494. The van der Waals surface area contributed by atoms with E-state index in [1.54, 1.807) is 0 Å². The highest BCUT2D eigenvalue weighted by molar-refractivity contribution is 5.16. The van der Waals surface area contributed by atoms with Crippen molar-refractivity contribution >= 4 is 0 Å². The van der Waals surface area contributed by atoms with Crippen molar-refractivity contribution in [1.29, 1.82) is 0 Å². The van der Waals surface area contributed by atoms with E-state index < -0.39 is 0 Å². The molecule has 0 amide bonds. The van der Waals surface area contributed by atoms with Gasteiger partial charge in [0.2, 0.25) is 0 Å². The first-order valence-electron chi connectivity index (χ1n) is 4.89. The van der Waals surface area contributed by atoms with Gasteiger partial charge in [-0.1, -0.05) is 51.5 Å². The zero-order chi connectivity index (χ0) is 9.56. The van der Waals surface area contributed by atoms with E-state index in [1.165, 1.54) is 18.4 Å². The summed E-state index contributed by atoms with van der Waals surface area (Å²) in [5.74, 6) is 1.45. The third-order valence-corrected chi connectivity index (χ3v) is 2.19. The molecule has 0 aliphatic carbocycles. The molecule has 1 atom stereocenters. The summed E-state index contributed by atoms with van der Waals surface area (Å²) in [7, 11) is 0. The Morgan fingerprint density at radius 2 is 1.83 bits per heavy atom. The molecule has 1 unspecified atom stereocenters. The van der Waals surface area contributed by atoms with Crippen LogP contribution in [0.2, 0.25) is 0 Å². The van der Waals surface area contributed by atoms with Crippen molar-refractivity contribution < 1.29 is 0 Å². The lowest BCUT2D eigenvalue weighted by Crippen LogP contribution is -1.98. The van der Waals surface area contributed by atoms with Crippen LogP contribution in [0, 0.1) is 11.8 Å². The Labute approximate surface area is 77.4 Å². The predicted molar refractivity (Wildman–Crippen MR) is 57.2 cm³/mol. The van der Waals surface area contributed by atoms with Crippen molar-refractivity contribution in [3.05, 3.63) is 24.3 Å². The molecule has 0 bridgehead atoms. The van der Waals surface area contributed by atoms with Crippen LogP contribution >= 0.6 is 0 Å². The van der Waals surface area contributed by atoms with Crippen LogP contribution in [0.15, 0.2) is 24.3 Å². The van der Waals surface area contributed by atoms with Gasteiger partial charge in [-0.05, 0) is 25.2 Å². The van der Waals surface area contributed by atoms with E-state index in [2.05, 4.69) is 39.5 Å². The highest BCUT2D eigenvalue weighted by Crippen LogP contribution is 2.18. The van der Waals surface area contributed by atoms with Crippen LogP contribution in [-0.4, -0.2) is 0 Å². The standard InChI is InChI=1S/C12H22/c1-6-7-11(4)12(5)9-8-10(2)3/h6-7,10,12H,4,8-9H2,1-3,5H3/b7-6-. The monoisotopic (exact) mass is 166 g/mol. The first kappa shape index (κ1) is 11.5. The largest absolute Gasteiger partial charge is 0.0956 e. The van der Waals surface area contributed by atoms with Crippen LogP contribution in [-0.2, 0) is 0 Å². The lowest BCUT2D eigenvalue weighted by Gasteiger charge is -2.12. The minimum atomic E-state index is 0.642. The Morgan fingerprint density at radius 1 is 1.25 bits per heavy atom. The van der Waals surface area contributed by atoms with E-state index in [1.807, 2.05) is 6.92 Å². The molecule has 0 aliphatic rings. The van der Waals surface area contributed by atoms with Crippen molar-refractivity contribution in [3.63, 3.8) is 0 Å². The topological polar surface area (TPSA) is 0 Å². The van der Waals surface area contributed by atoms with Gasteiger partial charge < -0.3 is 0 Å². The number of hydrogen-bond acceptors (Lipinski definition) is 0. The lowest BCUT2D eigenvalue weighted by atomic mass is 9.93. The van der Waals surface area contributed by atoms with E-state index in [-0.39, 0.29) is 0 Å². The van der Waals surface area contributed by atoms with Gasteiger partial charge in [0.15, 0.2) is 0 Å². The molecule has 0 heterocycles. The van der Waals surface area contributed by atoms with Gasteiger partial charge in [-0.3, -0.25) is 0 Å².